The van der Waals surface area contributed by atoms with E-state index >= 15 is 0 Å². The largest absolute Gasteiger partial charge is 0.409 e. The molecular formula is C6H10N2O3S. The molecule has 0 saturated carbocycles. The molecule has 1 amide bonds. The van der Waals surface area contributed by atoms with Crippen molar-refractivity contribution in [3.63, 3.8) is 0 Å². The zero-order valence-electron chi connectivity index (χ0n) is 6.69. The first-order chi connectivity index (χ1) is 5.79. The molecule has 0 unspecified atom stereocenters. The molecule has 5 nitrogen and oxygen atoms in total. The number of methoxy groups -OCH3 is 1. The molecule has 0 radical (unpaired) electrons. The summed E-state index contributed by atoms with van der Waals surface area (Å²) in [6.07, 6.45) is 0. The van der Waals surface area contributed by atoms with E-state index in [4.69, 9.17) is 9.94 Å². The van der Waals surface area contributed by atoms with Gasteiger partial charge in [-0.15, -0.1) is 0 Å². The Morgan fingerprint density at radius 3 is 3.17 bits per heavy atom. The molecule has 1 fully saturated rings. The highest BCUT2D eigenvalue weighted by atomic mass is 32.2. The smallest absolute Gasteiger partial charge is 0.239 e. The number of amidine groups is 1. The van der Waals surface area contributed by atoms with Crippen LogP contribution in [0.5, 0.6) is 0 Å². The van der Waals surface area contributed by atoms with Crippen LogP contribution in [0.4, 0.5) is 0 Å². The number of hydrogen-bond donors (Lipinski definition) is 1. The molecule has 1 aliphatic heterocycles. The van der Waals surface area contributed by atoms with Gasteiger partial charge in [-0.2, -0.15) is 0 Å². The minimum absolute atomic E-state index is 0.0372. The summed E-state index contributed by atoms with van der Waals surface area (Å²) in [6.45, 7) is 0.896. The quantitative estimate of drug-likeness (QED) is 0.501. The van der Waals surface area contributed by atoms with Gasteiger partial charge in [0.15, 0.2) is 0 Å². The second-order valence-corrected chi connectivity index (χ2v) is 3.15. The van der Waals surface area contributed by atoms with Gasteiger partial charge in [-0.1, -0.05) is 16.9 Å². The third kappa shape index (κ3) is 1.89. The second-order valence-electron chi connectivity index (χ2n) is 2.21. The predicted octanol–water partition coefficient (Wildman–Crippen LogP) is -0.0466. The molecule has 1 heterocycles. The zero-order chi connectivity index (χ0) is 8.97. The van der Waals surface area contributed by atoms with Crippen LogP contribution < -0.4 is 0 Å². The Bertz CT molecular complexity index is 207. The Morgan fingerprint density at radius 2 is 2.58 bits per heavy atom. The summed E-state index contributed by atoms with van der Waals surface area (Å²) in [4.78, 5) is 12.5. The molecule has 0 aliphatic carbocycles. The van der Waals surface area contributed by atoms with Crippen molar-refractivity contribution in [2.45, 2.75) is 0 Å². The van der Waals surface area contributed by atoms with Crippen molar-refractivity contribution >= 4 is 22.8 Å². The molecule has 6 heteroatoms. The molecule has 1 aliphatic rings. The molecule has 0 spiro atoms. The van der Waals surface area contributed by atoms with Crippen molar-refractivity contribution in [1.82, 2.24) is 4.90 Å². The highest BCUT2D eigenvalue weighted by molar-refractivity contribution is 8.15. The van der Waals surface area contributed by atoms with E-state index in [1.54, 1.807) is 7.11 Å². The molecule has 0 bridgehead atoms. The van der Waals surface area contributed by atoms with Gasteiger partial charge in [0.25, 0.3) is 0 Å². The summed E-state index contributed by atoms with van der Waals surface area (Å²) in [7, 11) is 1.56. The molecule has 0 atom stereocenters. The lowest BCUT2D eigenvalue weighted by atomic mass is 10.5. The maximum Gasteiger partial charge on any atom is 0.239 e. The second kappa shape index (κ2) is 4.32. The number of rotatable bonds is 3. The third-order valence-corrected chi connectivity index (χ3v) is 2.41. The Morgan fingerprint density at radius 1 is 1.83 bits per heavy atom. The number of ether oxygens (including phenoxy) is 1. The molecule has 0 aromatic heterocycles. The zero-order valence-corrected chi connectivity index (χ0v) is 7.50. The van der Waals surface area contributed by atoms with Crippen molar-refractivity contribution in [2.24, 2.45) is 5.16 Å². The van der Waals surface area contributed by atoms with Crippen LogP contribution in [0.3, 0.4) is 0 Å². The van der Waals surface area contributed by atoms with Crippen molar-refractivity contribution in [3.05, 3.63) is 0 Å². The van der Waals surface area contributed by atoms with Gasteiger partial charge in [0.1, 0.15) is 0 Å². The molecule has 68 valence electrons. The lowest BCUT2D eigenvalue weighted by Crippen LogP contribution is -2.32. The van der Waals surface area contributed by atoms with Gasteiger partial charge in [-0.3, -0.25) is 9.69 Å². The average Bonchev–Trinajstić information content (AvgIpc) is 2.43. The molecular weight excluding hydrogens is 180 g/mol. The van der Waals surface area contributed by atoms with E-state index in [1.807, 2.05) is 0 Å². The van der Waals surface area contributed by atoms with E-state index in [9.17, 15) is 4.79 Å². The van der Waals surface area contributed by atoms with Crippen LogP contribution in [-0.4, -0.2) is 47.2 Å². The first kappa shape index (κ1) is 9.34. The highest BCUT2D eigenvalue weighted by Gasteiger charge is 2.27. The van der Waals surface area contributed by atoms with E-state index in [0.29, 0.717) is 24.1 Å². The first-order valence-electron chi connectivity index (χ1n) is 3.43. The van der Waals surface area contributed by atoms with Crippen LogP contribution >= 0.6 is 11.8 Å². The summed E-state index contributed by atoms with van der Waals surface area (Å²) in [6, 6.07) is 0. The van der Waals surface area contributed by atoms with Crippen LogP contribution in [-0.2, 0) is 9.53 Å². The Labute approximate surface area is 74.4 Å². The number of hydrogen-bond acceptors (Lipinski definition) is 5. The van der Waals surface area contributed by atoms with E-state index in [2.05, 4.69) is 5.16 Å². The van der Waals surface area contributed by atoms with Gasteiger partial charge in [-0.05, 0) is 0 Å². The van der Waals surface area contributed by atoms with Crippen molar-refractivity contribution in [2.75, 3.05) is 26.0 Å². The molecule has 0 aromatic carbocycles. The van der Waals surface area contributed by atoms with Crippen LogP contribution in [0.25, 0.3) is 0 Å². The maximum absolute atomic E-state index is 11.1. The van der Waals surface area contributed by atoms with E-state index in [-0.39, 0.29) is 5.91 Å². The fraction of sp³-hybridized carbons (Fsp3) is 0.667. The number of nitrogens with zero attached hydrogens (tertiary/aromatic N) is 2. The summed E-state index contributed by atoms with van der Waals surface area (Å²) in [5.74, 6) is 0.313. The molecule has 0 aromatic rings. The van der Waals surface area contributed by atoms with Crippen molar-refractivity contribution < 1.29 is 14.7 Å². The van der Waals surface area contributed by atoms with Gasteiger partial charge in [0.05, 0.1) is 18.9 Å². The number of thioether (sulfide) groups is 1. The van der Waals surface area contributed by atoms with Crippen LogP contribution in [0.1, 0.15) is 0 Å². The Balaban J connectivity index is 2.52. The number of carbonyl (C=O) groups is 1. The minimum atomic E-state index is -0.0372. The number of carbonyl (C=O) groups excluding carboxylic acids is 1. The van der Waals surface area contributed by atoms with Gasteiger partial charge >= 0.3 is 0 Å². The average molecular weight is 190 g/mol. The highest BCUT2D eigenvalue weighted by Crippen LogP contribution is 2.18. The summed E-state index contributed by atoms with van der Waals surface area (Å²) in [5, 5.41) is 11.8. The number of oxime groups is 1. The predicted molar refractivity (Wildman–Crippen MR) is 45.3 cm³/mol. The third-order valence-electron chi connectivity index (χ3n) is 1.46. The van der Waals surface area contributed by atoms with Crippen LogP contribution in [0, 0.1) is 0 Å². The van der Waals surface area contributed by atoms with Gasteiger partial charge < -0.3 is 9.94 Å². The van der Waals surface area contributed by atoms with Crippen LogP contribution in [0.15, 0.2) is 5.16 Å². The molecule has 12 heavy (non-hydrogen) atoms. The summed E-state index contributed by atoms with van der Waals surface area (Å²) in [5.41, 5.74) is 0. The lowest BCUT2D eigenvalue weighted by Gasteiger charge is -2.13. The van der Waals surface area contributed by atoms with Gasteiger partial charge in [0.2, 0.25) is 11.1 Å². The Hall–Kier alpha value is -0.750. The monoisotopic (exact) mass is 190 g/mol. The first-order valence-corrected chi connectivity index (χ1v) is 4.42. The summed E-state index contributed by atoms with van der Waals surface area (Å²) < 4.78 is 4.81. The Kier molecular flexibility index (Phi) is 3.36. The fourth-order valence-corrected chi connectivity index (χ4v) is 1.69. The van der Waals surface area contributed by atoms with Crippen LogP contribution in [0.2, 0.25) is 0 Å². The van der Waals surface area contributed by atoms with Gasteiger partial charge in [0, 0.05) is 7.11 Å². The minimum Gasteiger partial charge on any atom is -0.409 e. The van der Waals surface area contributed by atoms with E-state index < -0.39 is 0 Å². The van der Waals surface area contributed by atoms with Crippen molar-refractivity contribution in [1.29, 1.82) is 0 Å². The maximum atomic E-state index is 11.1. The molecule has 1 N–H and O–H groups in total. The molecule has 1 saturated heterocycles. The fourth-order valence-electron chi connectivity index (χ4n) is 0.875. The molecule has 1 rings (SSSR count). The van der Waals surface area contributed by atoms with Crippen molar-refractivity contribution in [3.8, 4) is 0 Å². The topological polar surface area (TPSA) is 62.1 Å². The standard InChI is InChI=1S/C6H10N2O3S/c1-11-3-2-8-5(9)4-12-6(8)7-10/h10H,2-4H2,1H3/b7-6+. The SMILES string of the molecule is COCCN1C(=O)CS/C1=N/O. The normalized spacial score (nSPS) is 20.9. The lowest BCUT2D eigenvalue weighted by molar-refractivity contribution is -0.124. The van der Waals surface area contributed by atoms with E-state index in [1.165, 1.54) is 16.7 Å². The number of amides is 1. The van der Waals surface area contributed by atoms with Gasteiger partial charge in [-0.25, -0.2) is 0 Å². The summed E-state index contributed by atoms with van der Waals surface area (Å²) >= 11 is 1.23. The van der Waals surface area contributed by atoms with E-state index in [0.717, 1.165) is 0 Å².